The summed E-state index contributed by atoms with van der Waals surface area (Å²) >= 11 is 0. The Bertz CT molecular complexity index is 376. The van der Waals surface area contributed by atoms with Gasteiger partial charge in [-0.05, 0) is 12.3 Å². The largest absolute Gasteiger partial charge is 0.394 e. The zero-order chi connectivity index (χ0) is 13.5. The first-order valence-corrected chi connectivity index (χ1v) is 6.14. The third-order valence-corrected chi connectivity index (χ3v) is 2.52. The molecule has 1 aromatic heterocycles. The van der Waals surface area contributed by atoms with E-state index in [0.29, 0.717) is 12.5 Å². The lowest BCUT2D eigenvalue weighted by molar-refractivity contribution is 0.206. The zero-order valence-electron chi connectivity index (χ0n) is 11.2. The average Bonchev–Trinajstić information content (AvgIpc) is 2.71. The smallest absolute Gasteiger partial charge is 0.315 e. The standard InChI is InChI=1S/C12H22N4O2/c1-9(2)4-11(8-17)15-12(18)13-5-10-6-14-16(3)7-10/h6-7,9,11,17H,4-5,8H2,1-3H3,(H2,13,15,18). The summed E-state index contributed by atoms with van der Waals surface area (Å²) in [5, 5.41) is 18.7. The molecule has 2 amide bonds. The number of aliphatic hydroxyl groups is 1. The van der Waals surface area contributed by atoms with Crippen molar-refractivity contribution < 1.29 is 9.90 Å². The average molecular weight is 254 g/mol. The third kappa shape index (κ3) is 5.18. The molecule has 0 aliphatic heterocycles. The van der Waals surface area contributed by atoms with Gasteiger partial charge in [0.15, 0.2) is 0 Å². The van der Waals surface area contributed by atoms with Crippen molar-refractivity contribution >= 4 is 6.03 Å². The summed E-state index contributed by atoms with van der Waals surface area (Å²) in [6, 6.07) is -0.461. The second-order valence-electron chi connectivity index (χ2n) is 4.86. The summed E-state index contributed by atoms with van der Waals surface area (Å²) < 4.78 is 1.68. The number of aromatic nitrogens is 2. The number of nitrogens with one attached hydrogen (secondary N) is 2. The van der Waals surface area contributed by atoms with E-state index in [2.05, 4.69) is 29.6 Å². The quantitative estimate of drug-likeness (QED) is 0.696. The Morgan fingerprint density at radius 3 is 2.78 bits per heavy atom. The molecule has 1 aromatic rings. The molecule has 0 saturated carbocycles. The van der Waals surface area contributed by atoms with Crippen LogP contribution in [0.5, 0.6) is 0 Å². The van der Waals surface area contributed by atoms with E-state index in [9.17, 15) is 4.79 Å². The maximum Gasteiger partial charge on any atom is 0.315 e. The summed E-state index contributed by atoms with van der Waals surface area (Å²) in [4.78, 5) is 11.6. The number of carbonyl (C=O) groups excluding carboxylic acids is 1. The number of aliphatic hydroxyl groups excluding tert-OH is 1. The van der Waals surface area contributed by atoms with E-state index in [-0.39, 0.29) is 18.7 Å². The monoisotopic (exact) mass is 254 g/mol. The van der Waals surface area contributed by atoms with E-state index in [4.69, 9.17) is 5.11 Å². The van der Waals surface area contributed by atoms with E-state index in [1.54, 1.807) is 10.9 Å². The van der Waals surface area contributed by atoms with Crippen molar-refractivity contribution in [2.24, 2.45) is 13.0 Å². The summed E-state index contributed by atoms with van der Waals surface area (Å²) in [5.41, 5.74) is 0.942. The van der Waals surface area contributed by atoms with Gasteiger partial charge in [-0.15, -0.1) is 0 Å². The lowest BCUT2D eigenvalue weighted by atomic mass is 10.0. The van der Waals surface area contributed by atoms with Crippen LogP contribution in [0.2, 0.25) is 0 Å². The highest BCUT2D eigenvalue weighted by atomic mass is 16.3. The predicted octanol–water partition coefficient (Wildman–Crippen LogP) is 0.626. The molecule has 0 aromatic carbocycles. The second-order valence-corrected chi connectivity index (χ2v) is 4.86. The fourth-order valence-electron chi connectivity index (χ4n) is 1.73. The molecule has 102 valence electrons. The molecule has 1 atom stereocenters. The van der Waals surface area contributed by atoms with Crippen LogP contribution >= 0.6 is 0 Å². The first-order valence-electron chi connectivity index (χ1n) is 6.14. The van der Waals surface area contributed by atoms with Crippen molar-refractivity contribution in [3.8, 4) is 0 Å². The Labute approximate surface area is 107 Å². The lowest BCUT2D eigenvalue weighted by Crippen LogP contribution is -2.44. The normalized spacial score (nSPS) is 12.5. The zero-order valence-corrected chi connectivity index (χ0v) is 11.2. The van der Waals surface area contributed by atoms with Crippen molar-refractivity contribution in [1.29, 1.82) is 0 Å². The highest BCUT2D eigenvalue weighted by Crippen LogP contribution is 2.03. The van der Waals surface area contributed by atoms with Gasteiger partial charge in [-0.1, -0.05) is 13.8 Å². The van der Waals surface area contributed by atoms with Crippen LogP contribution in [0.4, 0.5) is 4.79 Å². The Kier molecular flexibility index (Phi) is 5.64. The molecule has 0 spiro atoms. The summed E-state index contributed by atoms with van der Waals surface area (Å²) in [6.07, 6.45) is 4.31. The number of hydrogen-bond acceptors (Lipinski definition) is 3. The number of aryl methyl sites for hydroxylation is 1. The first kappa shape index (κ1) is 14.5. The minimum atomic E-state index is -0.265. The van der Waals surface area contributed by atoms with Gasteiger partial charge < -0.3 is 15.7 Å². The molecular weight excluding hydrogens is 232 g/mol. The molecule has 0 bridgehead atoms. The van der Waals surface area contributed by atoms with E-state index in [1.807, 2.05) is 13.2 Å². The van der Waals surface area contributed by atoms with Gasteiger partial charge in [0, 0.05) is 25.4 Å². The van der Waals surface area contributed by atoms with Gasteiger partial charge >= 0.3 is 6.03 Å². The molecule has 0 aliphatic carbocycles. The van der Waals surface area contributed by atoms with Crippen LogP contribution in [0.15, 0.2) is 12.4 Å². The van der Waals surface area contributed by atoms with Crippen LogP contribution in [-0.4, -0.2) is 33.6 Å². The number of rotatable bonds is 6. The molecular formula is C12H22N4O2. The third-order valence-electron chi connectivity index (χ3n) is 2.52. The maximum atomic E-state index is 11.6. The highest BCUT2D eigenvalue weighted by Gasteiger charge is 2.12. The summed E-state index contributed by atoms with van der Waals surface area (Å²) in [6.45, 7) is 4.49. The van der Waals surface area contributed by atoms with E-state index in [0.717, 1.165) is 12.0 Å². The SMILES string of the molecule is CC(C)CC(CO)NC(=O)NCc1cnn(C)c1. The van der Waals surface area contributed by atoms with Crippen LogP contribution in [0.25, 0.3) is 0 Å². The molecule has 0 radical (unpaired) electrons. The van der Waals surface area contributed by atoms with Crippen molar-refractivity contribution in [2.75, 3.05) is 6.61 Å². The fourth-order valence-corrected chi connectivity index (χ4v) is 1.73. The van der Waals surface area contributed by atoms with E-state index >= 15 is 0 Å². The molecule has 6 nitrogen and oxygen atoms in total. The minimum absolute atomic E-state index is 0.0432. The molecule has 1 rings (SSSR count). The molecule has 3 N–H and O–H groups in total. The van der Waals surface area contributed by atoms with Gasteiger partial charge in [-0.2, -0.15) is 5.10 Å². The number of urea groups is 1. The van der Waals surface area contributed by atoms with Crippen molar-refractivity contribution in [3.63, 3.8) is 0 Å². The predicted molar refractivity (Wildman–Crippen MR) is 68.9 cm³/mol. The van der Waals surface area contributed by atoms with Crippen LogP contribution in [-0.2, 0) is 13.6 Å². The number of carbonyl (C=O) groups is 1. The molecule has 1 heterocycles. The number of hydrogen-bond donors (Lipinski definition) is 3. The highest BCUT2D eigenvalue weighted by molar-refractivity contribution is 5.74. The molecule has 0 aliphatic rings. The molecule has 1 unspecified atom stereocenters. The topological polar surface area (TPSA) is 79.2 Å². The second kappa shape index (κ2) is 7.00. The molecule has 6 heteroatoms. The summed E-state index contributed by atoms with van der Waals surface area (Å²) in [7, 11) is 1.83. The van der Waals surface area contributed by atoms with Crippen LogP contribution in [0.3, 0.4) is 0 Å². The number of amides is 2. The van der Waals surface area contributed by atoms with Gasteiger partial charge in [-0.3, -0.25) is 4.68 Å². The van der Waals surface area contributed by atoms with Crippen molar-refractivity contribution in [1.82, 2.24) is 20.4 Å². The Hall–Kier alpha value is -1.56. The van der Waals surface area contributed by atoms with Crippen molar-refractivity contribution in [3.05, 3.63) is 18.0 Å². The molecule has 18 heavy (non-hydrogen) atoms. The summed E-state index contributed by atoms with van der Waals surface area (Å²) in [5.74, 6) is 0.431. The van der Waals surface area contributed by atoms with Crippen molar-refractivity contribution in [2.45, 2.75) is 32.9 Å². The van der Waals surface area contributed by atoms with Gasteiger partial charge in [0.25, 0.3) is 0 Å². The van der Waals surface area contributed by atoms with Crippen LogP contribution in [0.1, 0.15) is 25.8 Å². The van der Waals surface area contributed by atoms with E-state index in [1.165, 1.54) is 0 Å². The van der Waals surface area contributed by atoms with Gasteiger partial charge in [0.1, 0.15) is 0 Å². The lowest BCUT2D eigenvalue weighted by Gasteiger charge is -2.18. The Morgan fingerprint density at radius 2 is 2.28 bits per heavy atom. The Balaban J connectivity index is 2.32. The van der Waals surface area contributed by atoms with E-state index < -0.39 is 0 Å². The first-order chi connectivity index (χ1) is 8.51. The fraction of sp³-hybridized carbons (Fsp3) is 0.667. The molecule has 0 fully saturated rings. The maximum absolute atomic E-state index is 11.6. The molecule has 0 saturated heterocycles. The Morgan fingerprint density at radius 1 is 1.56 bits per heavy atom. The number of nitrogens with zero attached hydrogens (tertiary/aromatic N) is 2. The minimum Gasteiger partial charge on any atom is -0.394 e. The van der Waals surface area contributed by atoms with Gasteiger partial charge in [0.2, 0.25) is 0 Å². The van der Waals surface area contributed by atoms with Crippen LogP contribution in [0, 0.1) is 5.92 Å². The van der Waals surface area contributed by atoms with Gasteiger partial charge in [0.05, 0.1) is 18.8 Å². The van der Waals surface area contributed by atoms with Crippen LogP contribution < -0.4 is 10.6 Å². The van der Waals surface area contributed by atoms with Gasteiger partial charge in [-0.25, -0.2) is 4.79 Å².